The Labute approximate surface area is 208 Å². The fraction of sp³-hybridized carbons (Fsp3) is 0.0909. The summed E-state index contributed by atoms with van der Waals surface area (Å²) >= 11 is 0. The van der Waals surface area contributed by atoms with Crippen molar-refractivity contribution < 1.29 is 4.74 Å². The van der Waals surface area contributed by atoms with Gasteiger partial charge in [0, 0.05) is 0 Å². The van der Waals surface area contributed by atoms with Gasteiger partial charge in [0.15, 0.2) is 0 Å². The van der Waals surface area contributed by atoms with Gasteiger partial charge in [0.05, 0.1) is 0 Å². The van der Waals surface area contributed by atoms with Gasteiger partial charge in [0.1, 0.15) is 0 Å². The molecule has 1 aliphatic rings. The van der Waals surface area contributed by atoms with Crippen LogP contribution >= 0.6 is 7.26 Å². The van der Waals surface area contributed by atoms with Gasteiger partial charge in [-0.05, 0) is 0 Å². The van der Waals surface area contributed by atoms with Crippen LogP contribution in [0.1, 0.15) is 25.0 Å². The molecule has 5 aromatic rings. The molecule has 0 spiro atoms. The van der Waals surface area contributed by atoms with E-state index in [-0.39, 0.29) is 5.41 Å². The van der Waals surface area contributed by atoms with Crippen molar-refractivity contribution in [3.63, 3.8) is 0 Å². The third-order valence-electron chi connectivity index (χ3n) is 7.46. The van der Waals surface area contributed by atoms with Gasteiger partial charge < -0.3 is 0 Å². The quantitative estimate of drug-likeness (QED) is 0.273. The Morgan fingerprint density at radius 3 is 1.49 bits per heavy atom. The molecule has 0 unspecified atom stereocenters. The molecule has 0 aromatic heterocycles. The molecule has 0 atom stereocenters. The Balaban J connectivity index is 1.77. The Bertz CT molecular complexity index is 1380. The zero-order valence-electron chi connectivity index (χ0n) is 20.1. The van der Waals surface area contributed by atoms with Crippen LogP contribution in [0.2, 0.25) is 0 Å². The van der Waals surface area contributed by atoms with E-state index in [9.17, 15) is 0 Å². The van der Waals surface area contributed by atoms with Gasteiger partial charge >= 0.3 is 209 Å². The van der Waals surface area contributed by atoms with E-state index in [0.717, 1.165) is 11.5 Å². The first-order valence-electron chi connectivity index (χ1n) is 12.2. The van der Waals surface area contributed by atoms with Crippen molar-refractivity contribution in [2.45, 2.75) is 19.3 Å². The van der Waals surface area contributed by atoms with Crippen molar-refractivity contribution in [2.75, 3.05) is 0 Å². The predicted octanol–water partition coefficient (Wildman–Crippen LogP) is 6.47. The first-order valence-corrected chi connectivity index (χ1v) is 14.2. The van der Waals surface area contributed by atoms with Crippen LogP contribution in [0.15, 0.2) is 133 Å². The summed E-state index contributed by atoms with van der Waals surface area (Å²) < 4.78 is 6.58. The Hall–Kier alpha value is -3.67. The van der Waals surface area contributed by atoms with Crippen LogP contribution in [0.5, 0.6) is 11.5 Å². The van der Waals surface area contributed by atoms with Crippen LogP contribution in [0.4, 0.5) is 0 Å². The molecule has 2 heteroatoms. The molecule has 0 fully saturated rings. The van der Waals surface area contributed by atoms with Crippen molar-refractivity contribution in [1.82, 2.24) is 0 Å². The van der Waals surface area contributed by atoms with Crippen molar-refractivity contribution in [3.05, 3.63) is 145 Å². The van der Waals surface area contributed by atoms with E-state index in [4.69, 9.17) is 4.74 Å². The average molecular weight is 473 g/mol. The zero-order chi connectivity index (χ0) is 23.9. The molecule has 1 aliphatic heterocycles. The van der Waals surface area contributed by atoms with Crippen molar-refractivity contribution in [3.8, 4) is 11.5 Å². The summed E-state index contributed by atoms with van der Waals surface area (Å²) in [5.74, 6) is 1.92. The number of rotatable bonds is 4. The van der Waals surface area contributed by atoms with Crippen molar-refractivity contribution >= 4 is 28.5 Å². The summed E-state index contributed by atoms with van der Waals surface area (Å²) in [7, 11) is -2.67. The van der Waals surface area contributed by atoms with E-state index in [1.807, 2.05) is 0 Å². The topological polar surface area (TPSA) is 9.23 Å². The number of hydrogen-bond acceptors (Lipinski definition) is 1. The SMILES string of the molecule is CC1(C)c2ccccc2Oc2cccc([PH](c3ccccc3)(c3ccccc3)c3ccccc3)c21. The van der Waals surface area contributed by atoms with E-state index < -0.39 is 7.26 Å². The number of fused-ring (bicyclic) bond motifs is 2. The molecule has 0 saturated heterocycles. The summed E-state index contributed by atoms with van der Waals surface area (Å²) in [6.07, 6.45) is 0. The molecule has 0 N–H and O–H groups in total. The molecule has 1 nitrogen and oxygen atoms in total. The zero-order valence-corrected chi connectivity index (χ0v) is 21.1. The van der Waals surface area contributed by atoms with Gasteiger partial charge in [-0.1, -0.05) is 0 Å². The first-order chi connectivity index (χ1) is 17.1. The second-order valence-electron chi connectivity index (χ2n) is 9.75. The number of para-hydroxylation sites is 1. The van der Waals surface area contributed by atoms with Crippen LogP contribution in [-0.2, 0) is 5.41 Å². The van der Waals surface area contributed by atoms with Crippen LogP contribution in [-0.4, -0.2) is 0 Å². The molecule has 35 heavy (non-hydrogen) atoms. The molecule has 0 saturated carbocycles. The van der Waals surface area contributed by atoms with Crippen LogP contribution in [0, 0.1) is 0 Å². The predicted molar refractivity (Wildman–Crippen MR) is 151 cm³/mol. The third kappa shape index (κ3) is 3.34. The number of hydrogen-bond donors (Lipinski definition) is 0. The molecule has 5 aromatic carbocycles. The maximum absolute atomic E-state index is 6.58. The van der Waals surface area contributed by atoms with Crippen LogP contribution in [0.25, 0.3) is 0 Å². The molecule has 6 rings (SSSR count). The summed E-state index contributed by atoms with van der Waals surface area (Å²) in [5, 5.41) is 5.51. The Morgan fingerprint density at radius 1 is 0.486 bits per heavy atom. The van der Waals surface area contributed by atoms with Gasteiger partial charge in [0.25, 0.3) is 0 Å². The third-order valence-corrected chi connectivity index (χ3v) is 12.3. The van der Waals surface area contributed by atoms with Gasteiger partial charge in [0.2, 0.25) is 0 Å². The summed E-state index contributed by atoms with van der Waals surface area (Å²) in [4.78, 5) is 0. The summed E-state index contributed by atoms with van der Waals surface area (Å²) in [6, 6.07) is 48.4. The number of benzene rings is 5. The van der Waals surface area contributed by atoms with Gasteiger partial charge in [-0.3, -0.25) is 0 Å². The van der Waals surface area contributed by atoms with E-state index in [2.05, 4.69) is 147 Å². The molecule has 0 amide bonds. The minimum atomic E-state index is -2.67. The van der Waals surface area contributed by atoms with Gasteiger partial charge in [-0.25, -0.2) is 0 Å². The monoisotopic (exact) mass is 472 g/mol. The molecule has 0 bridgehead atoms. The van der Waals surface area contributed by atoms with Crippen molar-refractivity contribution in [2.24, 2.45) is 0 Å². The first kappa shape index (κ1) is 21.8. The van der Waals surface area contributed by atoms with Gasteiger partial charge in [-0.15, -0.1) is 0 Å². The molecular formula is C33H29OP. The Morgan fingerprint density at radius 2 is 0.943 bits per heavy atom. The maximum atomic E-state index is 6.58. The fourth-order valence-electron chi connectivity index (χ4n) is 5.93. The minimum absolute atomic E-state index is 0.211. The van der Waals surface area contributed by atoms with Crippen molar-refractivity contribution in [1.29, 1.82) is 0 Å². The molecule has 1 heterocycles. The van der Waals surface area contributed by atoms with E-state index in [1.165, 1.54) is 32.3 Å². The molecule has 0 aliphatic carbocycles. The number of ether oxygens (including phenoxy) is 1. The van der Waals surface area contributed by atoms with Gasteiger partial charge in [-0.2, -0.15) is 0 Å². The summed E-state index contributed by atoms with van der Waals surface area (Å²) in [5.41, 5.74) is 2.32. The normalized spacial score (nSPS) is 14.3. The van der Waals surface area contributed by atoms with Crippen LogP contribution in [0.3, 0.4) is 0 Å². The van der Waals surface area contributed by atoms with E-state index >= 15 is 0 Å². The van der Waals surface area contributed by atoms with E-state index in [0.29, 0.717) is 0 Å². The Kier molecular flexibility index (Phi) is 5.32. The fourth-order valence-corrected chi connectivity index (χ4v) is 11.1. The molecule has 172 valence electrons. The van der Waals surface area contributed by atoms with E-state index in [1.54, 1.807) is 0 Å². The average Bonchev–Trinajstić information content (AvgIpc) is 2.91. The second-order valence-corrected chi connectivity index (χ2v) is 13.5. The van der Waals surface area contributed by atoms with Crippen LogP contribution < -0.4 is 26.0 Å². The summed E-state index contributed by atoms with van der Waals surface area (Å²) in [6.45, 7) is 4.69. The molecule has 0 radical (unpaired) electrons. The second kappa shape index (κ2) is 8.52. The molecular weight excluding hydrogens is 443 g/mol. The standard InChI is InChI=1S/C33H29OP/c1-33(2)28-21-12-13-22-29(28)34-30-23-14-24-31(32(30)33)35(25-15-6-3-7-16-25,26-17-8-4-9-18-26)27-19-10-5-11-20-27/h3-24,35H,1-2H3.